The second-order valence-corrected chi connectivity index (χ2v) is 5.05. The Morgan fingerprint density at radius 2 is 2.17 bits per heavy atom. The van der Waals surface area contributed by atoms with Crippen molar-refractivity contribution in [1.29, 1.82) is 0 Å². The summed E-state index contributed by atoms with van der Waals surface area (Å²) < 4.78 is 0. The van der Waals surface area contributed by atoms with E-state index >= 15 is 0 Å². The lowest BCUT2D eigenvalue weighted by Gasteiger charge is -2.16. The number of thiocarbonyl (C=S) groups is 1. The molecule has 1 unspecified atom stereocenters. The zero-order chi connectivity index (χ0) is 13.7. The van der Waals surface area contributed by atoms with Gasteiger partial charge in [-0.25, -0.2) is 0 Å². The van der Waals surface area contributed by atoms with Crippen molar-refractivity contribution < 1.29 is 4.79 Å². The molecule has 0 saturated heterocycles. The molecule has 1 atom stereocenters. The Balaban J connectivity index is 2.84. The first-order valence-electron chi connectivity index (χ1n) is 6.13. The largest absolute Gasteiger partial charge is 0.393 e. The molecule has 1 aromatic rings. The van der Waals surface area contributed by atoms with Crippen LogP contribution in [0.5, 0.6) is 0 Å². The average molecular weight is 264 g/mol. The number of carbonyl (C=O) groups excluding carboxylic acids is 1. The lowest BCUT2D eigenvalue weighted by Crippen LogP contribution is -2.25. The normalized spacial score (nSPS) is 11.9. The maximum atomic E-state index is 12.0. The predicted octanol–water partition coefficient (Wildman–Crippen LogP) is 2.81. The van der Waals surface area contributed by atoms with E-state index in [1.807, 2.05) is 32.0 Å². The highest BCUT2D eigenvalue weighted by molar-refractivity contribution is 7.80. The van der Waals surface area contributed by atoms with Crippen molar-refractivity contribution in [1.82, 2.24) is 0 Å². The van der Waals surface area contributed by atoms with Crippen molar-refractivity contribution in [2.75, 3.05) is 5.32 Å². The molecule has 0 aliphatic heterocycles. The van der Waals surface area contributed by atoms with Crippen LogP contribution in [0.4, 0.5) is 5.69 Å². The van der Waals surface area contributed by atoms with Crippen molar-refractivity contribution in [2.45, 2.75) is 33.6 Å². The summed E-state index contributed by atoms with van der Waals surface area (Å²) in [7, 11) is 0. The molecular formula is C14H20N2OS. The van der Waals surface area contributed by atoms with Crippen molar-refractivity contribution in [3.8, 4) is 0 Å². The van der Waals surface area contributed by atoms with Crippen LogP contribution in [0.1, 0.15) is 31.4 Å². The minimum Gasteiger partial charge on any atom is -0.393 e. The molecule has 18 heavy (non-hydrogen) atoms. The number of para-hydroxylation sites is 1. The van der Waals surface area contributed by atoms with E-state index in [2.05, 4.69) is 12.2 Å². The average Bonchev–Trinajstić information content (AvgIpc) is 2.30. The van der Waals surface area contributed by atoms with Gasteiger partial charge in [0.15, 0.2) is 0 Å². The molecule has 0 radical (unpaired) electrons. The third-order valence-electron chi connectivity index (χ3n) is 2.94. The van der Waals surface area contributed by atoms with Gasteiger partial charge in [-0.1, -0.05) is 44.3 Å². The Kier molecular flexibility index (Phi) is 5.28. The van der Waals surface area contributed by atoms with Gasteiger partial charge in [-0.15, -0.1) is 0 Å². The predicted molar refractivity (Wildman–Crippen MR) is 79.8 cm³/mol. The summed E-state index contributed by atoms with van der Waals surface area (Å²) in [5.41, 5.74) is 8.60. The van der Waals surface area contributed by atoms with E-state index in [0.29, 0.717) is 11.4 Å². The van der Waals surface area contributed by atoms with E-state index in [1.165, 1.54) is 0 Å². The fraction of sp³-hybridized carbons (Fsp3) is 0.429. The number of anilines is 1. The monoisotopic (exact) mass is 264 g/mol. The van der Waals surface area contributed by atoms with Gasteiger partial charge in [0.1, 0.15) is 0 Å². The number of rotatable bonds is 5. The second kappa shape index (κ2) is 6.50. The molecule has 0 heterocycles. The van der Waals surface area contributed by atoms with Crippen molar-refractivity contribution in [3.63, 3.8) is 0 Å². The highest BCUT2D eigenvalue weighted by Gasteiger charge is 2.16. The summed E-state index contributed by atoms with van der Waals surface area (Å²) in [6, 6.07) is 6.02. The van der Waals surface area contributed by atoms with Gasteiger partial charge < -0.3 is 11.1 Å². The summed E-state index contributed by atoms with van der Waals surface area (Å²) in [6.07, 6.45) is 1.33. The van der Waals surface area contributed by atoms with Crippen molar-refractivity contribution >= 4 is 28.8 Å². The fourth-order valence-electron chi connectivity index (χ4n) is 1.84. The molecule has 98 valence electrons. The molecule has 0 bridgehead atoms. The fourth-order valence-corrected chi connectivity index (χ4v) is 2.09. The summed E-state index contributed by atoms with van der Waals surface area (Å²) >= 11 is 4.83. The summed E-state index contributed by atoms with van der Waals surface area (Å²) in [6.45, 7) is 5.90. The molecule has 0 saturated carbocycles. The van der Waals surface area contributed by atoms with Crippen LogP contribution >= 0.6 is 12.2 Å². The summed E-state index contributed by atoms with van der Waals surface area (Å²) in [5.74, 6) is -0.237. The lowest BCUT2D eigenvalue weighted by atomic mass is 10.0. The van der Waals surface area contributed by atoms with Crippen LogP contribution in [-0.4, -0.2) is 10.9 Å². The minimum absolute atomic E-state index is 0.0354. The number of hydrogen-bond acceptors (Lipinski definition) is 2. The van der Waals surface area contributed by atoms with E-state index < -0.39 is 0 Å². The first-order valence-corrected chi connectivity index (χ1v) is 6.54. The number of aryl methyl sites for hydroxylation is 2. The Bertz CT molecular complexity index is 457. The quantitative estimate of drug-likeness (QED) is 0.804. The molecule has 0 aromatic heterocycles. The molecule has 3 N–H and O–H groups in total. The van der Waals surface area contributed by atoms with Crippen LogP contribution in [0.2, 0.25) is 0 Å². The van der Waals surface area contributed by atoms with Crippen LogP contribution in [-0.2, 0) is 11.2 Å². The molecule has 4 heteroatoms. The number of carbonyl (C=O) groups is 1. The molecule has 0 aliphatic carbocycles. The minimum atomic E-state index is -0.202. The van der Waals surface area contributed by atoms with E-state index in [1.54, 1.807) is 0 Å². The lowest BCUT2D eigenvalue weighted by molar-refractivity contribution is -0.119. The smallest absolute Gasteiger partial charge is 0.227 e. The molecular weight excluding hydrogens is 244 g/mol. The highest BCUT2D eigenvalue weighted by Crippen LogP contribution is 2.22. The van der Waals surface area contributed by atoms with E-state index in [9.17, 15) is 4.79 Å². The van der Waals surface area contributed by atoms with Crippen LogP contribution in [0, 0.1) is 12.8 Å². The number of nitrogens with one attached hydrogen (secondary N) is 1. The molecule has 0 spiro atoms. The maximum Gasteiger partial charge on any atom is 0.227 e. The van der Waals surface area contributed by atoms with Crippen molar-refractivity contribution in [3.05, 3.63) is 29.3 Å². The van der Waals surface area contributed by atoms with Crippen molar-refractivity contribution in [2.24, 2.45) is 11.7 Å². The first kappa shape index (κ1) is 14.6. The number of hydrogen-bond donors (Lipinski definition) is 2. The van der Waals surface area contributed by atoms with Crippen LogP contribution < -0.4 is 11.1 Å². The zero-order valence-corrected chi connectivity index (χ0v) is 11.9. The zero-order valence-electron chi connectivity index (χ0n) is 11.1. The molecule has 3 nitrogen and oxygen atoms in total. The Hall–Kier alpha value is -1.42. The van der Waals surface area contributed by atoms with E-state index in [4.69, 9.17) is 18.0 Å². The SMILES string of the molecule is CCc1cccc(C)c1NC(=O)C(C)CC(N)=S. The second-order valence-electron chi connectivity index (χ2n) is 4.52. The Labute approximate surface area is 114 Å². The highest BCUT2D eigenvalue weighted by atomic mass is 32.1. The number of amides is 1. The van der Waals surface area contributed by atoms with Crippen LogP contribution in [0.15, 0.2) is 18.2 Å². The molecule has 0 fully saturated rings. The number of benzene rings is 1. The topological polar surface area (TPSA) is 55.1 Å². The van der Waals surface area contributed by atoms with E-state index in [0.717, 1.165) is 23.2 Å². The van der Waals surface area contributed by atoms with Gasteiger partial charge in [0, 0.05) is 18.0 Å². The van der Waals surface area contributed by atoms with Gasteiger partial charge >= 0.3 is 0 Å². The van der Waals surface area contributed by atoms with Crippen LogP contribution in [0.25, 0.3) is 0 Å². The van der Waals surface area contributed by atoms with Gasteiger partial charge in [0.2, 0.25) is 5.91 Å². The molecule has 0 aliphatic rings. The van der Waals surface area contributed by atoms with Gasteiger partial charge in [-0.2, -0.15) is 0 Å². The van der Waals surface area contributed by atoms with Gasteiger partial charge in [-0.05, 0) is 24.5 Å². The number of nitrogens with two attached hydrogens (primary N) is 1. The van der Waals surface area contributed by atoms with Crippen LogP contribution in [0.3, 0.4) is 0 Å². The molecule has 1 aromatic carbocycles. The Morgan fingerprint density at radius 1 is 1.50 bits per heavy atom. The molecule has 1 rings (SSSR count). The third-order valence-corrected chi connectivity index (χ3v) is 3.11. The first-order chi connectivity index (χ1) is 8.45. The van der Waals surface area contributed by atoms with Gasteiger partial charge in [0.25, 0.3) is 0 Å². The maximum absolute atomic E-state index is 12.0. The van der Waals surface area contributed by atoms with Gasteiger partial charge in [-0.3, -0.25) is 4.79 Å². The standard InChI is InChI=1S/C14H20N2OS/c1-4-11-7-5-6-9(2)13(11)16-14(17)10(3)8-12(15)18/h5-7,10H,4,8H2,1-3H3,(H2,15,18)(H,16,17). The third kappa shape index (κ3) is 3.81. The van der Waals surface area contributed by atoms with E-state index in [-0.39, 0.29) is 11.8 Å². The Morgan fingerprint density at radius 3 is 2.72 bits per heavy atom. The van der Waals surface area contributed by atoms with Gasteiger partial charge in [0.05, 0.1) is 4.99 Å². The molecule has 1 amide bonds. The summed E-state index contributed by atoms with van der Waals surface area (Å²) in [4.78, 5) is 12.4. The summed E-state index contributed by atoms with van der Waals surface area (Å²) in [5, 5.41) is 2.98.